The molecule has 3 aromatic rings. The van der Waals surface area contributed by atoms with Gasteiger partial charge in [-0.15, -0.1) is 34.6 Å². The molecule has 102 valence electrons. The fraction of sp³-hybridized carbons (Fsp3) is 0.143. The van der Waals surface area contributed by atoms with Crippen LogP contribution in [0.1, 0.15) is 6.92 Å². The summed E-state index contributed by atoms with van der Waals surface area (Å²) in [5.74, 6) is 1.04. The number of hydrogen-bond donors (Lipinski definition) is 2. The molecule has 0 aliphatic rings. The summed E-state index contributed by atoms with van der Waals surface area (Å²) in [5.41, 5.74) is 9.05. The van der Waals surface area contributed by atoms with Crippen molar-refractivity contribution < 1.29 is 0 Å². The SMILES string of the molecule is CCSc1ccc2nn(-c3cc(N)cc(S)c3)nc2c1. The van der Waals surface area contributed by atoms with Crippen LogP contribution in [-0.2, 0) is 0 Å². The number of nitrogen functional groups attached to an aromatic ring is 1. The summed E-state index contributed by atoms with van der Waals surface area (Å²) in [6, 6.07) is 11.6. The Labute approximate surface area is 126 Å². The van der Waals surface area contributed by atoms with Crippen molar-refractivity contribution in [1.82, 2.24) is 15.0 Å². The zero-order chi connectivity index (χ0) is 14.1. The second-order valence-corrected chi connectivity index (χ2v) is 6.21. The monoisotopic (exact) mass is 302 g/mol. The van der Waals surface area contributed by atoms with E-state index in [0.717, 1.165) is 27.4 Å². The van der Waals surface area contributed by atoms with Crippen LogP contribution >= 0.6 is 24.4 Å². The summed E-state index contributed by atoms with van der Waals surface area (Å²) in [4.78, 5) is 3.60. The van der Waals surface area contributed by atoms with Crippen LogP contribution in [0.2, 0.25) is 0 Å². The zero-order valence-corrected chi connectivity index (χ0v) is 12.7. The van der Waals surface area contributed by atoms with Crippen molar-refractivity contribution in [2.75, 3.05) is 11.5 Å². The van der Waals surface area contributed by atoms with Gasteiger partial charge in [0, 0.05) is 15.5 Å². The molecule has 1 heterocycles. The minimum absolute atomic E-state index is 0.649. The molecule has 0 radical (unpaired) electrons. The van der Waals surface area contributed by atoms with E-state index < -0.39 is 0 Å². The Morgan fingerprint density at radius 3 is 2.70 bits per heavy atom. The number of nitrogens with two attached hydrogens (primary N) is 1. The van der Waals surface area contributed by atoms with Gasteiger partial charge in [-0.3, -0.25) is 0 Å². The molecule has 6 heteroatoms. The van der Waals surface area contributed by atoms with Gasteiger partial charge in [0.05, 0.1) is 5.69 Å². The highest BCUT2D eigenvalue weighted by Gasteiger charge is 2.07. The molecule has 0 amide bonds. The Morgan fingerprint density at radius 2 is 1.95 bits per heavy atom. The van der Waals surface area contributed by atoms with Crippen molar-refractivity contribution in [3.05, 3.63) is 36.4 Å². The van der Waals surface area contributed by atoms with Crippen molar-refractivity contribution in [2.24, 2.45) is 0 Å². The van der Waals surface area contributed by atoms with Gasteiger partial charge in [0.1, 0.15) is 11.0 Å². The van der Waals surface area contributed by atoms with Gasteiger partial charge in [-0.2, -0.15) is 4.80 Å². The van der Waals surface area contributed by atoms with E-state index in [1.54, 1.807) is 22.6 Å². The van der Waals surface area contributed by atoms with Gasteiger partial charge in [0.25, 0.3) is 0 Å². The number of rotatable bonds is 3. The van der Waals surface area contributed by atoms with Gasteiger partial charge < -0.3 is 5.73 Å². The Balaban J connectivity index is 2.08. The molecule has 0 atom stereocenters. The van der Waals surface area contributed by atoms with Crippen LogP contribution < -0.4 is 5.73 Å². The van der Waals surface area contributed by atoms with Crippen LogP contribution in [0, 0.1) is 0 Å². The number of thiol groups is 1. The van der Waals surface area contributed by atoms with E-state index in [4.69, 9.17) is 5.73 Å². The molecule has 0 aliphatic carbocycles. The van der Waals surface area contributed by atoms with E-state index in [2.05, 4.69) is 41.9 Å². The molecule has 20 heavy (non-hydrogen) atoms. The molecular weight excluding hydrogens is 288 g/mol. The molecule has 0 aliphatic heterocycles. The quantitative estimate of drug-likeness (QED) is 0.442. The first-order valence-corrected chi connectivity index (χ1v) is 7.69. The lowest BCUT2D eigenvalue weighted by atomic mass is 10.3. The molecule has 1 aromatic heterocycles. The highest BCUT2D eigenvalue weighted by atomic mass is 32.2. The summed E-state index contributed by atoms with van der Waals surface area (Å²) >= 11 is 6.12. The first kappa shape index (κ1) is 13.3. The Kier molecular flexibility index (Phi) is 3.58. The molecule has 3 rings (SSSR count). The van der Waals surface area contributed by atoms with E-state index in [-0.39, 0.29) is 0 Å². The lowest BCUT2D eigenvalue weighted by Crippen LogP contribution is -1.99. The Morgan fingerprint density at radius 1 is 1.15 bits per heavy atom. The van der Waals surface area contributed by atoms with Crippen LogP contribution in [0.4, 0.5) is 5.69 Å². The fourth-order valence-corrected chi connectivity index (χ4v) is 2.97. The number of fused-ring (bicyclic) bond motifs is 1. The zero-order valence-electron chi connectivity index (χ0n) is 10.9. The standard InChI is InChI=1S/C14H14N4S2/c1-2-20-12-3-4-13-14(8-12)17-18(16-13)10-5-9(15)6-11(19)7-10/h3-8,19H,2,15H2,1H3. The number of aromatic nitrogens is 3. The fourth-order valence-electron chi connectivity index (χ4n) is 2.00. The third-order valence-corrected chi connectivity index (χ3v) is 3.95. The molecular formula is C14H14N4S2. The molecule has 2 aromatic carbocycles. The minimum Gasteiger partial charge on any atom is -0.399 e. The third-order valence-electron chi connectivity index (χ3n) is 2.82. The number of thioether (sulfide) groups is 1. The molecule has 0 fully saturated rings. The second kappa shape index (κ2) is 5.38. The van der Waals surface area contributed by atoms with Crippen molar-refractivity contribution in [1.29, 1.82) is 0 Å². The van der Waals surface area contributed by atoms with E-state index in [0.29, 0.717) is 5.69 Å². The number of anilines is 1. The third kappa shape index (κ3) is 2.62. The van der Waals surface area contributed by atoms with Crippen molar-refractivity contribution in [3.8, 4) is 5.69 Å². The predicted octanol–water partition coefficient (Wildman–Crippen LogP) is 3.40. The normalized spacial score (nSPS) is 11.1. The van der Waals surface area contributed by atoms with Gasteiger partial charge in [0.2, 0.25) is 0 Å². The van der Waals surface area contributed by atoms with Gasteiger partial charge in [0.15, 0.2) is 0 Å². The molecule has 0 saturated carbocycles. The number of benzene rings is 2. The summed E-state index contributed by atoms with van der Waals surface area (Å²) in [6.45, 7) is 2.13. The number of nitrogens with zero attached hydrogens (tertiary/aromatic N) is 3. The van der Waals surface area contributed by atoms with Crippen molar-refractivity contribution in [2.45, 2.75) is 16.7 Å². The van der Waals surface area contributed by atoms with E-state index in [1.165, 1.54) is 4.90 Å². The Bertz CT molecular complexity index is 747. The van der Waals surface area contributed by atoms with Crippen LogP contribution in [0.25, 0.3) is 16.7 Å². The summed E-state index contributed by atoms with van der Waals surface area (Å²) < 4.78 is 0. The maximum atomic E-state index is 5.83. The maximum absolute atomic E-state index is 5.83. The highest BCUT2D eigenvalue weighted by molar-refractivity contribution is 7.99. The van der Waals surface area contributed by atoms with E-state index in [1.807, 2.05) is 18.2 Å². The smallest absolute Gasteiger partial charge is 0.114 e. The van der Waals surface area contributed by atoms with E-state index in [9.17, 15) is 0 Å². The first-order chi connectivity index (χ1) is 9.65. The van der Waals surface area contributed by atoms with Crippen LogP contribution in [0.5, 0.6) is 0 Å². The number of hydrogen-bond acceptors (Lipinski definition) is 5. The lowest BCUT2D eigenvalue weighted by molar-refractivity contribution is 0.764. The van der Waals surface area contributed by atoms with E-state index >= 15 is 0 Å². The van der Waals surface area contributed by atoms with Gasteiger partial charge in [-0.05, 0) is 42.2 Å². The second-order valence-electron chi connectivity index (χ2n) is 4.36. The summed E-state index contributed by atoms with van der Waals surface area (Å²) in [7, 11) is 0. The average molecular weight is 302 g/mol. The largest absolute Gasteiger partial charge is 0.399 e. The van der Waals surface area contributed by atoms with Gasteiger partial charge in [-0.1, -0.05) is 6.92 Å². The molecule has 0 spiro atoms. The topological polar surface area (TPSA) is 56.7 Å². The average Bonchev–Trinajstić information content (AvgIpc) is 2.81. The molecule has 2 N–H and O–H groups in total. The van der Waals surface area contributed by atoms with Gasteiger partial charge >= 0.3 is 0 Å². The summed E-state index contributed by atoms with van der Waals surface area (Å²) in [5, 5.41) is 8.98. The minimum atomic E-state index is 0.649. The molecule has 0 saturated heterocycles. The molecule has 0 bridgehead atoms. The Hall–Kier alpha value is -1.66. The summed E-state index contributed by atoms with van der Waals surface area (Å²) in [6.07, 6.45) is 0. The van der Waals surface area contributed by atoms with Crippen molar-refractivity contribution >= 4 is 41.1 Å². The van der Waals surface area contributed by atoms with Crippen LogP contribution in [0.3, 0.4) is 0 Å². The molecule has 0 unspecified atom stereocenters. The van der Waals surface area contributed by atoms with Crippen LogP contribution in [-0.4, -0.2) is 20.7 Å². The maximum Gasteiger partial charge on any atom is 0.114 e. The first-order valence-electron chi connectivity index (χ1n) is 6.25. The highest BCUT2D eigenvalue weighted by Crippen LogP contribution is 2.23. The van der Waals surface area contributed by atoms with Crippen molar-refractivity contribution in [3.63, 3.8) is 0 Å². The molecule has 4 nitrogen and oxygen atoms in total. The lowest BCUT2D eigenvalue weighted by Gasteiger charge is -2.02. The van der Waals surface area contributed by atoms with Crippen LogP contribution in [0.15, 0.2) is 46.2 Å². The predicted molar refractivity (Wildman–Crippen MR) is 86.9 cm³/mol. The van der Waals surface area contributed by atoms with Gasteiger partial charge in [-0.25, -0.2) is 0 Å².